The highest BCUT2D eigenvalue weighted by Crippen LogP contribution is 2.27. The topological polar surface area (TPSA) is 80.3 Å². The van der Waals surface area contributed by atoms with E-state index in [1.807, 2.05) is 41.8 Å². The lowest BCUT2D eigenvalue weighted by Crippen LogP contribution is -2.20. The van der Waals surface area contributed by atoms with Crippen molar-refractivity contribution in [1.29, 1.82) is 0 Å². The van der Waals surface area contributed by atoms with Crippen molar-refractivity contribution < 1.29 is 14.3 Å². The Kier molecular flexibility index (Phi) is 5.57. The molecule has 2 aromatic carbocycles. The number of anilines is 2. The summed E-state index contributed by atoms with van der Waals surface area (Å²) < 4.78 is 5.63. The number of ether oxygens (including phenoxy) is 1. The highest BCUT2D eigenvalue weighted by Gasteiger charge is 2.13. The number of thiazole rings is 1. The Morgan fingerprint density at radius 3 is 2.66 bits per heavy atom. The van der Waals surface area contributed by atoms with Gasteiger partial charge in [0, 0.05) is 23.6 Å². The first-order valence-corrected chi connectivity index (χ1v) is 10.3. The van der Waals surface area contributed by atoms with Gasteiger partial charge in [-0.2, -0.15) is 0 Å². The molecule has 0 saturated heterocycles. The summed E-state index contributed by atoms with van der Waals surface area (Å²) in [6.07, 6.45) is 3.38. The fourth-order valence-electron chi connectivity index (χ4n) is 3.33. The van der Waals surface area contributed by atoms with Gasteiger partial charge in [-0.3, -0.25) is 14.9 Å². The van der Waals surface area contributed by atoms with Crippen LogP contribution in [0.4, 0.5) is 10.8 Å². The maximum absolute atomic E-state index is 12.2. The molecule has 0 spiro atoms. The quantitative estimate of drug-likeness (QED) is 0.639. The standard InChI is InChI=1S/C22H21N3O3S/c1-14(26)23-18-8-5-16(6-9-18)20-13-29-22(24-20)25-21(27)12-28-19-10-7-15-3-2-4-17(15)11-19/h5-11,13H,2-4,12H2,1H3,(H,23,26)(H,24,25,27). The summed E-state index contributed by atoms with van der Waals surface area (Å²) in [4.78, 5) is 27.8. The number of aromatic nitrogens is 1. The zero-order valence-electron chi connectivity index (χ0n) is 16.0. The summed E-state index contributed by atoms with van der Waals surface area (Å²) in [5.74, 6) is 0.366. The van der Waals surface area contributed by atoms with Crippen LogP contribution in [0.2, 0.25) is 0 Å². The summed E-state index contributed by atoms with van der Waals surface area (Å²) in [5.41, 5.74) is 5.09. The Labute approximate surface area is 172 Å². The number of hydrogen-bond donors (Lipinski definition) is 2. The van der Waals surface area contributed by atoms with E-state index in [0.717, 1.165) is 35.5 Å². The van der Waals surface area contributed by atoms with Gasteiger partial charge in [-0.05, 0) is 54.7 Å². The normalized spacial score (nSPS) is 12.3. The van der Waals surface area contributed by atoms with Gasteiger partial charge in [0.25, 0.3) is 5.91 Å². The molecule has 148 valence electrons. The molecule has 7 heteroatoms. The molecule has 1 aliphatic rings. The average Bonchev–Trinajstić information content (AvgIpc) is 3.35. The van der Waals surface area contributed by atoms with E-state index in [1.54, 1.807) is 0 Å². The number of amides is 2. The molecule has 0 radical (unpaired) electrons. The molecule has 0 unspecified atom stereocenters. The van der Waals surface area contributed by atoms with E-state index >= 15 is 0 Å². The third-order valence-corrected chi connectivity index (χ3v) is 5.45. The predicted molar refractivity (Wildman–Crippen MR) is 114 cm³/mol. The first kappa shape index (κ1) is 19.1. The summed E-state index contributed by atoms with van der Waals surface area (Å²) in [6, 6.07) is 13.4. The van der Waals surface area contributed by atoms with Crippen molar-refractivity contribution in [3.63, 3.8) is 0 Å². The lowest BCUT2D eigenvalue weighted by atomic mass is 10.1. The van der Waals surface area contributed by atoms with Crippen molar-refractivity contribution in [1.82, 2.24) is 4.98 Å². The highest BCUT2D eigenvalue weighted by molar-refractivity contribution is 7.14. The minimum Gasteiger partial charge on any atom is -0.484 e. The molecule has 6 nitrogen and oxygen atoms in total. The third kappa shape index (κ3) is 4.81. The van der Waals surface area contributed by atoms with E-state index in [1.165, 1.54) is 35.8 Å². The molecule has 1 heterocycles. The number of carbonyl (C=O) groups excluding carboxylic acids is 2. The number of hydrogen-bond acceptors (Lipinski definition) is 5. The molecule has 0 bridgehead atoms. The van der Waals surface area contributed by atoms with Crippen LogP contribution in [0, 0.1) is 0 Å². The van der Waals surface area contributed by atoms with Gasteiger partial charge in [0.05, 0.1) is 5.69 Å². The fraction of sp³-hybridized carbons (Fsp3) is 0.227. The first-order chi connectivity index (χ1) is 14.1. The molecule has 0 fully saturated rings. The van der Waals surface area contributed by atoms with Crippen LogP contribution in [0.1, 0.15) is 24.5 Å². The molecule has 1 aliphatic carbocycles. The van der Waals surface area contributed by atoms with Crippen molar-refractivity contribution in [3.05, 3.63) is 59.0 Å². The zero-order valence-corrected chi connectivity index (χ0v) is 16.8. The number of rotatable bonds is 6. The minimum absolute atomic E-state index is 0.0564. The molecule has 2 amide bonds. The lowest BCUT2D eigenvalue weighted by Gasteiger charge is -2.07. The summed E-state index contributed by atoms with van der Waals surface area (Å²) in [6.45, 7) is 1.41. The molecule has 4 rings (SSSR count). The van der Waals surface area contributed by atoms with Crippen LogP contribution in [-0.2, 0) is 22.4 Å². The monoisotopic (exact) mass is 407 g/mol. The highest BCUT2D eigenvalue weighted by atomic mass is 32.1. The smallest absolute Gasteiger partial charge is 0.264 e. The van der Waals surface area contributed by atoms with Gasteiger partial charge in [0.1, 0.15) is 5.75 Å². The Balaban J connectivity index is 1.32. The largest absolute Gasteiger partial charge is 0.484 e. The number of benzene rings is 2. The Hall–Kier alpha value is -3.19. The van der Waals surface area contributed by atoms with Crippen LogP contribution in [-0.4, -0.2) is 23.4 Å². The molecule has 2 N–H and O–H groups in total. The van der Waals surface area contributed by atoms with Crippen molar-refractivity contribution >= 4 is 34.0 Å². The van der Waals surface area contributed by atoms with E-state index in [0.29, 0.717) is 5.13 Å². The second-order valence-electron chi connectivity index (χ2n) is 6.92. The number of nitrogens with zero attached hydrogens (tertiary/aromatic N) is 1. The van der Waals surface area contributed by atoms with Crippen LogP contribution >= 0.6 is 11.3 Å². The van der Waals surface area contributed by atoms with Crippen molar-refractivity contribution in [2.45, 2.75) is 26.2 Å². The SMILES string of the molecule is CC(=O)Nc1ccc(-c2csc(NC(=O)COc3ccc4c(c3)CCC4)n2)cc1. The summed E-state index contributed by atoms with van der Waals surface area (Å²) in [7, 11) is 0. The molecular weight excluding hydrogens is 386 g/mol. The minimum atomic E-state index is -0.243. The molecule has 0 atom stereocenters. The van der Waals surface area contributed by atoms with Gasteiger partial charge in [-0.1, -0.05) is 18.2 Å². The maximum Gasteiger partial charge on any atom is 0.264 e. The van der Waals surface area contributed by atoms with E-state index in [9.17, 15) is 9.59 Å². The van der Waals surface area contributed by atoms with Crippen molar-refractivity contribution in [2.75, 3.05) is 17.2 Å². The van der Waals surface area contributed by atoms with Gasteiger partial charge < -0.3 is 10.1 Å². The Morgan fingerprint density at radius 2 is 1.86 bits per heavy atom. The second kappa shape index (κ2) is 8.45. The van der Waals surface area contributed by atoms with Gasteiger partial charge in [-0.15, -0.1) is 11.3 Å². The predicted octanol–water partition coefficient (Wildman–Crippen LogP) is 4.27. The van der Waals surface area contributed by atoms with Crippen LogP contribution in [0.5, 0.6) is 5.75 Å². The van der Waals surface area contributed by atoms with E-state index in [4.69, 9.17) is 4.74 Å². The molecule has 0 aliphatic heterocycles. The first-order valence-electron chi connectivity index (χ1n) is 9.45. The van der Waals surface area contributed by atoms with E-state index in [-0.39, 0.29) is 18.4 Å². The van der Waals surface area contributed by atoms with Crippen LogP contribution in [0.3, 0.4) is 0 Å². The molecular formula is C22H21N3O3S. The number of fused-ring (bicyclic) bond motifs is 1. The van der Waals surface area contributed by atoms with E-state index in [2.05, 4.69) is 21.7 Å². The second-order valence-corrected chi connectivity index (χ2v) is 7.78. The van der Waals surface area contributed by atoms with Crippen molar-refractivity contribution in [3.8, 4) is 17.0 Å². The summed E-state index contributed by atoms with van der Waals surface area (Å²) in [5, 5.41) is 7.91. The molecule has 1 aromatic heterocycles. The van der Waals surface area contributed by atoms with Gasteiger partial charge >= 0.3 is 0 Å². The number of aryl methyl sites for hydroxylation is 2. The lowest BCUT2D eigenvalue weighted by molar-refractivity contribution is -0.118. The third-order valence-electron chi connectivity index (χ3n) is 4.69. The fourth-order valence-corrected chi connectivity index (χ4v) is 4.07. The van der Waals surface area contributed by atoms with Crippen LogP contribution in [0.15, 0.2) is 47.8 Å². The number of nitrogens with one attached hydrogen (secondary N) is 2. The van der Waals surface area contributed by atoms with Crippen LogP contribution in [0.25, 0.3) is 11.3 Å². The summed E-state index contributed by atoms with van der Waals surface area (Å²) >= 11 is 1.36. The zero-order chi connectivity index (χ0) is 20.2. The van der Waals surface area contributed by atoms with Crippen LogP contribution < -0.4 is 15.4 Å². The Morgan fingerprint density at radius 1 is 1.07 bits per heavy atom. The van der Waals surface area contributed by atoms with Gasteiger partial charge in [0.15, 0.2) is 11.7 Å². The Bertz CT molecular complexity index is 1040. The maximum atomic E-state index is 12.2. The average molecular weight is 407 g/mol. The van der Waals surface area contributed by atoms with Crippen molar-refractivity contribution in [2.24, 2.45) is 0 Å². The number of carbonyl (C=O) groups is 2. The van der Waals surface area contributed by atoms with Gasteiger partial charge in [-0.25, -0.2) is 4.98 Å². The van der Waals surface area contributed by atoms with E-state index < -0.39 is 0 Å². The van der Waals surface area contributed by atoms with Gasteiger partial charge in [0.2, 0.25) is 5.91 Å². The molecule has 3 aromatic rings. The molecule has 29 heavy (non-hydrogen) atoms. The molecule has 0 saturated carbocycles.